The molecule has 0 spiro atoms. The highest BCUT2D eigenvalue weighted by atomic mass is 16.5. The first-order chi connectivity index (χ1) is 21.9. The predicted molar refractivity (Wildman–Crippen MR) is 184 cm³/mol. The zero-order chi connectivity index (χ0) is 30.4. The van der Waals surface area contributed by atoms with Crippen molar-refractivity contribution in [1.82, 2.24) is 18.7 Å². The molecule has 2 aromatic heterocycles. The number of rotatable bonds is 5. The lowest BCUT2D eigenvalue weighted by molar-refractivity contribution is 0.423. The van der Waals surface area contributed by atoms with Crippen LogP contribution in [0, 0.1) is 6.67 Å². The molecule has 0 radical (unpaired) electrons. The third-order valence-corrected chi connectivity index (χ3v) is 9.46. The average molecular weight is 586 g/mol. The van der Waals surface area contributed by atoms with Crippen LogP contribution < -0.4 is 13.9 Å². The summed E-state index contributed by atoms with van der Waals surface area (Å²) in [5, 5.41) is 2.33. The molecule has 7 aromatic rings. The number of aromatic nitrogens is 2. The van der Waals surface area contributed by atoms with Crippen molar-refractivity contribution in [3.8, 4) is 17.2 Å². The highest BCUT2D eigenvalue weighted by Crippen LogP contribution is 2.75. The summed E-state index contributed by atoms with van der Waals surface area (Å²) in [6.45, 7) is 9.24. The van der Waals surface area contributed by atoms with Crippen molar-refractivity contribution < 1.29 is 4.74 Å². The quantitative estimate of drug-likeness (QED) is 0.114. The Kier molecular flexibility index (Phi) is 5.32. The van der Waals surface area contributed by atoms with Crippen LogP contribution in [0.5, 0.6) is 11.5 Å². The van der Waals surface area contributed by atoms with Gasteiger partial charge in [0, 0.05) is 59.4 Å². The first-order valence-electron chi connectivity index (χ1n) is 15.5. The van der Waals surface area contributed by atoms with Gasteiger partial charge in [0.05, 0.1) is 11.2 Å². The maximum atomic E-state index is 6.59. The van der Waals surface area contributed by atoms with Crippen molar-refractivity contribution in [2.24, 2.45) is 0 Å². The molecule has 1 unspecified atom stereocenters. The van der Waals surface area contributed by atoms with E-state index in [1.807, 2.05) is 30.5 Å². The summed E-state index contributed by atoms with van der Waals surface area (Å²) in [4.78, 5) is 4.75. The summed E-state index contributed by atoms with van der Waals surface area (Å²) in [5.41, 5.74) is 9.56. The van der Waals surface area contributed by atoms with Crippen molar-refractivity contribution in [2.45, 2.75) is 26.2 Å². The number of nitrogens with zero attached hydrogens (tertiary/aromatic N) is 4. The van der Waals surface area contributed by atoms with Crippen molar-refractivity contribution in [1.29, 1.82) is 0 Å². The van der Waals surface area contributed by atoms with Crippen molar-refractivity contribution in [3.63, 3.8) is 0 Å². The molecule has 1 saturated heterocycles. The van der Waals surface area contributed by atoms with E-state index in [0.717, 1.165) is 33.7 Å². The smallest absolute Gasteiger partial charge is 0.225 e. The summed E-state index contributed by atoms with van der Waals surface area (Å²) >= 11 is 0. The molecule has 5 heteroatoms. The van der Waals surface area contributed by atoms with E-state index in [2.05, 4.69) is 141 Å². The molecule has 5 nitrogen and oxygen atoms in total. The topological polar surface area (TPSA) is 27.1 Å². The number of quaternary nitrogens is 2. The maximum Gasteiger partial charge on any atom is 0.225 e. The standard InChI is InChI=1S/C40H33N4O/c1-40(2,3)28-12-8-14-30(24-28)43-27-44(43,38-22-7-6-21-37(38)43)31-15-10-17-33(26-31)45-32-16-9-13-29(25-32)42-36-20-5-4-18-34(36)35-19-11-23-41-39(35)42/h4-27H,1-3H3/q+1/t43-,44?/m0/s1. The van der Waals surface area contributed by atoms with Crippen molar-refractivity contribution >= 4 is 44.7 Å². The first kappa shape index (κ1) is 26.2. The minimum Gasteiger partial charge on any atom is -0.457 e. The summed E-state index contributed by atoms with van der Waals surface area (Å²) in [6.07, 6.45) is 1.85. The fraction of sp³-hybridized carbons (Fsp3) is 0.100. The molecular weight excluding hydrogens is 552 g/mol. The van der Waals surface area contributed by atoms with E-state index in [9.17, 15) is 0 Å². The van der Waals surface area contributed by atoms with E-state index >= 15 is 0 Å². The van der Waals surface area contributed by atoms with Gasteiger partial charge in [0.1, 0.15) is 17.1 Å². The van der Waals surface area contributed by atoms with Gasteiger partial charge >= 0.3 is 0 Å². The molecule has 5 aromatic carbocycles. The van der Waals surface area contributed by atoms with Crippen LogP contribution in [0.15, 0.2) is 140 Å². The number of pyridine rings is 1. The number of hydrogen-bond acceptors (Lipinski definition) is 2. The molecule has 0 saturated carbocycles. The van der Waals surface area contributed by atoms with E-state index in [4.69, 9.17) is 9.72 Å². The van der Waals surface area contributed by atoms with E-state index < -0.39 is 0 Å². The largest absolute Gasteiger partial charge is 0.457 e. The second-order valence-electron chi connectivity index (χ2n) is 13.1. The third kappa shape index (κ3) is 3.59. The van der Waals surface area contributed by atoms with Gasteiger partial charge in [-0.05, 0) is 47.4 Å². The second-order valence-corrected chi connectivity index (χ2v) is 13.1. The fourth-order valence-corrected chi connectivity index (χ4v) is 7.28. The second kappa shape index (κ2) is 9.14. The molecule has 9 rings (SSSR count). The molecule has 0 bridgehead atoms. The molecular formula is C40H33N4O+. The maximum absolute atomic E-state index is 6.59. The number of fused-ring (bicyclic) bond motifs is 7. The van der Waals surface area contributed by atoms with Gasteiger partial charge in [-0.3, -0.25) is 4.57 Å². The molecule has 0 N–H and O–H groups in total. The lowest BCUT2D eigenvalue weighted by Crippen LogP contribution is -2.46. The molecule has 2 atom stereocenters. The van der Waals surface area contributed by atoms with E-state index in [1.54, 1.807) is 0 Å². The summed E-state index contributed by atoms with van der Waals surface area (Å²) in [7, 11) is 0. The molecule has 2 aliphatic rings. The normalized spacial score (nSPS) is 20.0. The number of para-hydroxylation sites is 3. The monoisotopic (exact) mass is 585 g/mol. The Bertz CT molecular complexity index is 2240. The number of ether oxygens (including phenoxy) is 1. The lowest BCUT2D eigenvalue weighted by atomic mass is 9.87. The minimum absolute atomic E-state index is 0.0714. The SMILES string of the molecule is CC(C)(C)c1cccc([N@+]23[CH-][N+]2(c2cccc(Oc4cccc(-n5c6ccccc6c6cccnc65)c4)c2)c2ccccc23)c1. The van der Waals surface area contributed by atoms with Crippen LogP contribution in [0.4, 0.5) is 22.7 Å². The Morgan fingerprint density at radius 2 is 1.27 bits per heavy atom. The van der Waals surface area contributed by atoms with E-state index in [-0.39, 0.29) is 5.41 Å². The fourth-order valence-electron chi connectivity index (χ4n) is 7.28. The summed E-state index contributed by atoms with van der Waals surface area (Å²) in [6, 6.07) is 47.3. The zero-order valence-electron chi connectivity index (χ0n) is 25.6. The summed E-state index contributed by atoms with van der Waals surface area (Å²) in [5.74, 6) is 1.59. The average Bonchev–Trinajstić information content (AvgIpc) is 3.55. The Hall–Kier alpha value is -5.23. The van der Waals surface area contributed by atoms with Crippen LogP contribution in [0.3, 0.4) is 0 Å². The Balaban J connectivity index is 1.10. The van der Waals surface area contributed by atoms with E-state index in [0.29, 0.717) is 9.18 Å². The lowest BCUT2D eigenvalue weighted by Gasteiger charge is -2.40. The van der Waals surface area contributed by atoms with Gasteiger partial charge < -0.3 is 4.74 Å². The van der Waals surface area contributed by atoms with Gasteiger partial charge in [0.25, 0.3) is 0 Å². The molecule has 45 heavy (non-hydrogen) atoms. The van der Waals surface area contributed by atoms with Gasteiger partial charge in [-0.15, -0.1) is 0 Å². The molecule has 2 aliphatic heterocycles. The van der Waals surface area contributed by atoms with Gasteiger partial charge in [0.2, 0.25) is 11.4 Å². The number of hydrogen-bond donors (Lipinski definition) is 0. The Labute approximate surface area is 262 Å². The highest BCUT2D eigenvalue weighted by Gasteiger charge is 2.77. The van der Waals surface area contributed by atoms with Crippen molar-refractivity contribution in [2.75, 3.05) is 0 Å². The van der Waals surface area contributed by atoms with Crippen LogP contribution in [-0.4, -0.2) is 9.55 Å². The van der Waals surface area contributed by atoms with Gasteiger partial charge in [-0.1, -0.05) is 75.4 Å². The summed E-state index contributed by atoms with van der Waals surface area (Å²) < 4.78 is 10.1. The van der Waals surface area contributed by atoms with Crippen LogP contribution in [0.25, 0.3) is 27.6 Å². The van der Waals surface area contributed by atoms with Gasteiger partial charge in [-0.2, -0.15) is 9.18 Å². The van der Waals surface area contributed by atoms with Gasteiger partial charge in [0.15, 0.2) is 18.0 Å². The zero-order valence-corrected chi connectivity index (χ0v) is 25.6. The van der Waals surface area contributed by atoms with Crippen LogP contribution in [0.2, 0.25) is 0 Å². The molecule has 218 valence electrons. The predicted octanol–water partition coefficient (Wildman–Crippen LogP) is 10.6. The molecule has 4 heterocycles. The Morgan fingerprint density at radius 1 is 0.622 bits per heavy atom. The van der Waals surface area contributed by atoms with Crippen LogP contribution >= 0.6 is 0 Å². The Morgan fingerprint density at radius 3 is 2.04 bits per heavy atom. The van der Waals surface area contributed by atoms with Gasteiger partial charge in [-0.25, -0.2) is 4.98 Å². The molecule has 0 aliphatic carbocycles. The minimum atomic E-state index is 0.0714. The van der Waals surface area contributed by atoms with Crippen molar-refractivity contribution in [3.05, 3.63) is 152 Å². The highest BCUT2D eigenvalue weighted by molar-refractivity contribution is 6.07. The first-order valence-corrected chi connectivity index (χ1v) is 15.5. The number of benzene rings is 5. The third-order valence-electron chi connectivity index (χ3n) is 9.46. The van der Waals surface area contributed by atoms with Crippen LogP contribution in [-0.2, 0) is 5.41 Å². The van der Waals surface area contributed by atoms with E-state index in [1.165, 1.54) is 33.7 Å². The molecule has 1 fully saturated rings. The molecule has 0 amide bonds. The van der Waals surface area contributed by atoms with Crippen LogP contribution in [0.1, 0.15) is 26.3 Å².